The third kappa shape index (κ3) is 6.24. The fourth-order valence-electron chi connectivity index (χ4n) is 3.16. The third-order valence-electron chi connectivity index (χ3n) is 4.69. The average Bonchev–Trinajstić information content (AvgIpc) is 2.87. The van der Waals surface area contributed by atoms with Crippen LogP contribution in [0.1, 0.15) is 44.1 Å². The van der Waals surface area contributed by atoms with E-state index in [1.54, 1.807) is 14.2 Å². The molecule has 1 aromatic carbocycles. The molecule has 0 spiro atoms. The van der Waals surface area contributed by atoms with Gasteiger partial charge in [-0.2, -0.15) is 0 Å². The van der Waals surface area contributed by atoms with E-state index < -0.39 is 0 Å². The maximum atomic E-state index is 12.0. The van der Waals surface area contributed by atoms with Crippen molar-refractivity contribution in [2.45, 2.75) is 44.9 Å². The first-order chi connectivity index (χ1) is 12.6. The van der Waals surface area contributed by atoms with Crippen molar-refractivity contribution >= 4 is 11.8 Å². The number of nitrogens with one attached hydrogen (secondary N) is 1. The summed E-state index contributed by atoms with van der Waals surface area (Å²) in [6.07, 6.45) is 5.77. The first-order valence-electron chi connectivity index (χ1n) is 9.39. The molecule has 0 radical (unpaired) electrons. The van der Waals surface area contributed by atoms with Crippen molar-refractivity contribution in [3.63, 3.8) is 0 Å². The van der Waals surface area contributed by atoms with Gasteiger partial charge < -0.3 is 19.7 Å². The lowest BCUT2D eigenvalue weighted by Gasteiger charge is -2.20. The van der Waals surface area contributed by atoms with Crippen molar-refractivity contribution in [3.8, 4) is 11.5 Å². The minimum Gasteiger partial charge on any atom is -0.493 e. The molecule has 26 heavy (non-hydrogen) atoms. The summed E-state index contributed by atoms with van der Waals surface area (Å²) in [5.41, 5.74) is 1.04. The molecule has 1 fully saturated rings. The number of hydrogen-bond donors (Lipinski definition) is 1. The molecule has 0 unspecified atom stereocenters. The Balaban J connectivity index is 1.66. The Morgan fingerprint density at radius 1 is 1.15 bits per heavy atom. The summed E-state index contributed by atoms with van der Waals surface area (Å²) in [5, 5.41) is 2.94. The summed E-state index contributed by atoms with van der Waals surface area (Å²) >= 11 is 0. The highest BCUT2D eigenvalue weighted by atomic mass is 16.5. The SMILES string of the molecule is COc1ccc(CCC(=O)NCCCN2CCCCCC2=O)cc1OC. The van der Waals surface area contributed by atoms with Crippen molar-refractivity contribution in [3.05, 3.63) is 23.8 Å². The molecule has 1 aliphatic heterocycles. The van der Waals surface area contributed by atoms with E-state index in [0.29, 0.717) is 37.3 Å². The molecule has 1 aliphatic rings. The lowest BCUT2D eigenvalue weighted by molar-refractivity contribution is -0.130. The quantitative estimate of drug-likeness (QED) is 0.686. The van der Waals surface area contributed by atoms with Crippen LogP contribution in [0.3, 0.4) is 0 Å². The van der Waals surface area contributed by atoms with Crippen molar-refractivity contribution in [2.75, 3.05) is 33.9 Å². The second-order valence-corrected chi connectivity index (χ2v) is 6.58. The lowest BCUT2D eigenvalue weighted by Crippen LogP contribution is -2.34. The molecule has 0 saturated carbocycles. The Kier molecular flexibility index (Phi) is 8.25. The van der Waals surface area contributed by atoms with Gasteiger partial charge >= 0.3 is 0 Å². The van der Waals surface area contributed by atoms with E-state index in [2.05, 4.69) is 5.32 Å². The van der Waals surface area contributed by atoms with Crippen LogP contribution in [-0.4, -0.2) is 50.6 Å². The number of nitrogens with zero attached hydrogens (tertiary/aromatic N) is 1. The number of ether oxygens (including phenoxy) is 2. The highest BCUT2D eigenvalue weighted by molar-refractivity contribution is 5.77. The molecule has 2 rings (SSSR count). The van der Waals surface area contributed by atoms with Crippen molar-refractivity contribution in [1.29, 1.82) is 0 Å². The predicted molar refractivity (Wildman–Crippen MR) is 101 cm³/mol. The number of benzene rings is 1. The summed E-state index contributed by atoms with van der Waals surface area (Å²) in [7, 11) is 3.20. The zero-order valence-corrected chi connectivity index (χ0v) is 15.9. The highest BCUT2D eigenvalue weighted by Crippen LogP contribution is 2.27. The minimum atomic E-state index is 0.0296. The fourth-order valence-corrected chi connectivity index (χ4v) is 3.16. The van der Waals surface area contributed by atoms with Crippen LogP contribution in [0.4, 0.5) is 0 Å². The Labute approximate surface area is 155 Å². The zero-order valence-electron chi connectivity index (χ0n) is 15.9. The molecule has 6 heteroatoms. The Morgan fingerprint density at radius 3 is 2.73 bits per heavy atom. The van der Waals surface area contributed by atoms with Crippen LogP contribution < -0.4 is 14.8 Å². The van der Waals surface area contributed by atoms with Gasteiger partial charge in [0.1, 0.15) is 0 Å². The van der Waals surface area contributed by atoms with Gasteiger partial charge in [-0.25, -0.2) is 0 Å². The van der Waals surface area contributed by atoms with Crippen LogP contribution in [0.5, 0.6) is 11.5 Å². The number of carbonyl (C=O) groups is 2. The lowest BCUT2D eigenvalue weighted by atomic mass is 10.1. The van der Waals surface area contributed by atoms with E-state index in [1.807, 2.05) is 23.1 Å². The molecule has 2 amide bonds. The van der Waals surface area contributed by atoms with Gasteiger partial charge in [-0.15, -0.1) is 0 Å². The maximum Gasteiger partial charge on any atom is 0.222 e. The first-order valence-corrected chi connectivity index (χ1v) is 9.39. The van der Waals surface area contributed by atoms with Crippen LogP contribution in [0, 0.1) is 0 Å². The summed E-state index contributed by atoms with van der Waals surface area (Å²) in [5.74, 6) is 1.64. The number of carbonyl (C=O) groups excluding carboxylic acids is 2. The largest absolute Gasteiger partial charge is 0.493 e. The van der Waals surface area contributed by atoms with Crippen LogP contribution in [0.15, 0.2) is 18.2 Å². The van der Waals surface area contributed by atoms with E-state index in [0.717, 1.165) is 44.3 Å². The first kappa shape index (κ1) is 20.1. The predicted octanol–water partition coefficient (Wildman–Crippen LogP) is 2.55. The number of hydrogen-bond acceptors (Lipinski definition) is 4. The Hall–Kier alpha value is -2.24. The second kappa shape index (κ2) is 10.7. The highest BCUT2D eigenvalue weighted by Gasteiger charge is 2.15. The molecule has 1 heterocycles. The molecule has 0 atom stereocenters. The normalized spacial score (nSPS) is 14.7. The molecule has 1 N–H and O–H groups in total. The van der Waals surface area contributed by atoms with Crippen molar-refractivity contribution in [2.24, 2.45) is 0 Å². The maximum absolute atomic E-state index is 12.0. The molecular weight excluding hydrogens is 332 g/mol. The van der Waals surface area contributed by atoms with Gasteiger partial charge in [-0.3, -0.25) is 9.59 Å². The van der Waals surface area contributed by atoms with Crippen molar-refractivity contribution in [1.82, 2.24) is 10.2 Å². The number of rotatable bonds is 9. The van der Waals surface area contributed by atoms with E-state index in [1.165, 1.54) is 0 Å². The molecule has 0 aromatic heterocycles. The van der Waals surface area contributed by atoms with E-state index in [9.17, 15) is 9.59 Å². The number of likely N-dealkylation sites (tertiary alicyclic amines) is 1. The van der Waals surface area contributed by atoms with Gasteiger partial charge in [0.05, 0.1) is 14.2 Å². The van der Waals surface area contributed by atoms with E-state index >= 15 is 0 Å². The Bertz CT molecular complexity index is 603. The topological polar surface area (TPSA) is 67.9 Å². The smallest absolute Gasteiger partial charge is 0.222 e. The van der Waals surface area contributed by atoms with Crippen LogP contribution in [0.2, 0.25) is 0 Å². The Morgan fingerprint density at radius 2 is 1.96 bits per heavy atom. The zero-order chi connectivity index (χ0) is 18.8. The molecule has 6 nitrogen and oxygen atoms in total. The summed E-state index contributed by atoms with van der Waals surface area (Å²) < 4.78 is 10.5. The molecule has 1 aromatic rings. The molecule has 0 aliphatic carbocycles. The summed E-state index contributed by atoms with van der Waals surface area (Å²) in [4.78, 5) is 25.9. The molecular formula is C20H30N2O4. The average molecular weight is 362 g/mol. The number of aryl methyl sites for hydroxylation is 1. The number of amides is 2. The molecule has 144 valence electrons. The van der Waals surface area contributed by atoms with Crippen LogP contribution in [-0.2, 0) is 16.0 Å². The van der Waals surface area contributed by atoms with Gasteiger partial charge in [-0.1, -0.05) is 12.5 Å². The van der Waals surface area contributed by atoms with Gasteiger partial charge in [0.2, 0.25) is 11.8 Å². The standard InChI is InChI=1S/C20H30N2O4/c1-25-17-10-8-16(15-18(17)26-2)9-11-19(23)21-12-6-14-22-13-5-3-4-7-20(22)24/h8,10,15H,3-7,9,11-14H2,1-2H3,(H,21,23). The number of methoxy groups -OCH3 is 2. The van der Waals surface area contributed by atoms with E-state index in [-0.39, 0.29) is 11.8 Å². The van der Waals surface area contributed by atoms with E-state index in [4.69, 9.17) is 9.47 Å². The summed E-state index contributed by atoms with van der Waals surface area (Å²) in [6.45, 7) is 2.19. The van der Waals surface area contributed by atoms with Gasteiger partial charge in [0, 0.05) is 32.5 Å². The van der Waals surface area contributed by atoms with Gasteiger partial charge in [-0.05, 0) is 43.4 Å². The fraction of sp³-hybridized carbons (Fsp3) is 0.600. The second-order valence-electron chi connectivity index (χ2n) is 6.58. The molecule has 1 saturated heterocycles. The van der Waals surface area contributed by atoms with Gasteiger partial charge in [0.25, 0.3) is 0 Å². The van der Waals surface area contributed by atoms with Gasteiger partial charge in [0.15, 0.2) is 11.5 Å². The van der Waals surface area contributed by atoms with Crippen LogP contribution >= 0.6 is 0 Å². The minimum absolute atomic E-state index is 0.0296. The van der Waals surface area contributed by atoms with Crippen molar-refractivity contribution < 1.29 is 19.1 Å². The van der Waals surface area contributed by atoms with Crippen LogP contribution in [0.25, 0.3) is 0 Å². The summed E-state index contributed by atoms with van der Waals surface area (Å²) in [6, 6.07) is 5.70. The monoisotopic (exact) mass is 362 g/mol. The molecule has 0 bridgehead atoms. The third-order valence-corrected chi connectivity index (χ3v) is 4.69.